The van der Waals surface area contributed by atoms with E-state index in [1.165, 1.54) is 57.8 Å². The van der Waals surface area contributed by atoms with Crippen LogP contribution in [-0.2, 0) is 0 Å². The van der Waals surface area contributed by atoms with Gasteiger partial charge in [0, 0.05) is 7.11 Å². The molecule has 0 aliphatic heterocycles. The zero-order chi connectivity index (χ0) is 19.7. The maximum Gasteiger partial charge on any atom is 0.0319 e. The highest BCUT2D eigenvalue weighted by Gasteiger charge is 2.60. The first-order chi connectivity index (χ1) is 13.0. The molecule has 0 saturated heterocycles. The molecular formula is C26H51NO. The smallest absolute Gasteiger partial charge is 0.0319 e. The molecule has 0 amide bonds. The van der Waals surface area contributed by atoms with Crippen LogP contribution < -0.4 is 5.73 Å². The summed E-state index contributed by atoms with van der Waals surface area (Å²) in [4.78, 5) is 0. The largest absolute Gasteiger partial charge is 0.400 e. The third-order valence-corrected chi connectivity index (χ3v) is 10.2. The van der Waals surface area contributed by atoms with Gasteiger partial charge in [-0.25, -0.2) is 0 Å². The fourth-order valence-electron chi connectivity index (χ4n) is 8.97. The molecule has 4 aliphatic rings. The van der Waals surface area contributed by atoms with Crippen molar-refractivity contribution in [3.8, 4) is 0 Å². The van der Waals surface area contributed by atoms with E-state index in [9.17, 15) is 0 Å². The lowest BCUT2D eigenvalue weighted by atomic mass is 9.42. The zero-order valence-electron chi connectivity index (χ0n) is 18.7. The van der Waals surface area contributed by atoms with Crippen LogP contribution in [0.25, 0.3) is 0 Å². The molecule has 8 atom stereocenters. The Hall–Kier alpha value is -0.0800. The molecule has 2 nitrogen and oxygen atoms in total. The Morgan fingerprint density at radius 1 is 0.893 bits per heavy atom. The second-order valence-electron chi connectivity index (χ2n) is 10.9. The Balaban J connectivity index is 0.000000906. The van der Waals surface area contributed by atoms with Gasteiger partial charge in [-0.2, -0.15) is 0 Å². The van der Waals surface area contributed by atoms with Gasteiger partial charge >= 0.3 is 0 Å². The van der Waals surface area contributed by atoms with Gasteiger partial charge in [-0.05, 0) is 111 Å². The lowest BCUT2D eigenvalue weighted by molar-refractivity contribution is -0.135. The van der Waals surface area contributed by atoms with E-state index in [1.807, 2.05) is 0 Å². The molecule has 0 aromatic rings. The van der Waals surface area contributed by atoms with Crippen molar-refractivity contribution >= 4 is 0 Å². The number of fused-ring (bicyclic) bond motifs is 5. The van der Waals surface area contributed by atoms with E-state index in [4.69, 9.17) is 10.8 Å². The van der Waals surface area contributed by atoms with Crippen LogP contribution in [0.4, 0.5) is 0 Å². The Morgan fingerprint density at radius 3 is 2.29 bits per heavy atom. The predicted octanol–water partition coefficient (Wildman–Crippen LogP) is 6.66. The summed E-state index contributed by atoms with van der Waals surface area (Å²) >= 11 is 0. The molecule has 0 heterocycles. The molecule has 3 N–H and O–H groups in total. The maximum absolute atomic E-state index is 7.00. The van der Waals surface area contributed by atoms with E-state index < -0.39 is 0 Å². The second-order valence-corrected chi connectivity index (χ2v) is 10.9. The first-order valence-corrected chi connectivity index (χ1v) is 12.2. The van der Waals surface area contributed by atoms with Crippen LogP contribution in [-0.4, -0.2) is 18.8 Å². The van der Waals surface area contributed by atoms with Crippen LogP contribution >= 0.6 is 0 Å². The first kappa shape index (κ1) is 24.2. The fraction of sp³-hybridized carbons (Fsp3) is 1.00. The van der Waals surface area contributed by atoms with Gasteiger partial charge in [0.25, 0.3) is 0 Å². The van der Waals surface area contributed by atoms with Gasteiger partial charge in [0.05, 0.1) is 0 Å². The van der Waals surface area contributed by atoms with E-state index in [0.29, 0.717) is 10.8 Å². The highest BCUT2D eigenvalue weighted by atomic mass is 16.2. The number of aliphatic hydroxyl groups is 1. The summed E-state index contributed by atoms with van der Waals surface area (Å²) in [6, 6.07) is 0. The molecule has 28 heavy (non-hydrogen) atoms. The summed E-state index contributed by atoms with van der Waals surface area (Å²) in [5.74, 6) is 6.17. The molecule has 6 unspecified atom stereocenters. The SMILES string of the molecule is C.CC[C@H]1CC2C3CCC(CCCN)C3(C)CC[C@@H]2C2(C)CCCCC12.CO. The minimum Gasteiger partial charge on any atom is -0.400 e. The van der Waals surface area contributed by atoms with Gasteiger partial charge in [0.1, 0.15) is 0 Å². The van der Waals surface area contributed by atoms with Crippen LogP contribution in [0.2, 0.25) is 0 Å². The molecule has 4 aliphatic carbocycles. The molecule has 4 fully saturated rings. The third kappa shape index (κ3) is 3.82. The summed E-state index contributed by atoms with van der Waals surface area (Å²) in [5, 5.41) is 7.00. The molecule has 4 saturated carbocycles. The predicted molar refractivity (Wildman–Crippen MR) is 122 cm³/mol. The highest BCUT2D eigenvalue weighted by Crippen LogP contribution is 2.69. The Kier molecular flexibility index (Phi) is 8.48. The Morgan fingerprint density at radius 2 is 1.61 bits per heavy atom. The number of aliphatic hydroxyl groups excluding tert-OH is 1. The van der Waals surface area contributed by atoms with Crippen molar-refractivity contribution in [2.75, 3.05) is 13.7 Å². The minimum atomic E-state index is 0. The van der Waals surface area contributed by atoms with E-state index in [2.05, 4.69) is 20.8 Å². The average molecular weight is 394 g/mol. The molecule has 2 heteroatoms. The lowest BCUT2D eigenvalue weighted by Gasteiger charge is -2.62. The van der Waals surface area contributed by atoms with Crippen molar-refractivity contribution in [2.24, 2.45) is 52.1 Å². The van der Waals surface area contributed by atoms with Gasteiger partial charge < -0.3 is 10.8 Å². The number of hydrogen-bond donors (Lipinski definition) is 2. The van der Waals surface area contributed by atoms with E-state index in [-0.39, 0.29) is 7.43 Å². The minimum absolute atomic E-state index is 0. The summed E-state index contributed by atoms with van der Waals surface area (Å²) in [5.41, 5.74) is 7.18. The number of nitrogens with two attached hydrogens (primary N) is 1. The van der Waals surface area contributed by atoms with Crippen LogP contribution in [0.1, 0.15) is 105 Å². The Bertz CT molecular complexity index is 479. The highest BCUT2D eigenvalue weighted by molar-refractivity contribution is 5.10. The van der Waals surface area contributed by atoms with Gasteiger partial charge in [-0.15, -0.1) is 0 Å². The molecule has 0 radical (unpaired) electrons. The topological polar surface area (TPSA) is 46.2 Å². The van der Waals surface area contributed by atoms with Crippen molar-refractivity contribution in [3.05, 3.63) is 0 Å². The summed E-state index contributed by atoms with van der Waals surface area (Å²) in [6.45, 7) is 8.81. The normalized spacial score (nSPS) is 46.9. The summed E-state index contributed by atoms with van der Waals surface area (Å²) in [7, 11) is 1.00. The first-order valence-electron chi connectivity index (χ1n) is 12.2. The third-order valence-electron chi connectivity index (χ3n) is 10.2. The summed E-state index contributed by atoms with van der Waals surface area (Å²) in [6.07, 6.45) is 17.9. The van der Waals surface area contributed by atoms with E-state index in [1.54, 1.807) is 19.3 Å². The van der Waals surface area contributed by atoms with Crippen LogP contribution in [0.15, 0.2) is 0 Å². The number of hydrogen-bond acceptors (Lipinski definition) is 2. The van der Waals surface area contributed by atoms with Gasteiger partial charge in [0.2, 0.25) is 0 Å². The van der Waals surface area contributed by atoms with Crippen LogP contribution in [0.5, 0.6) is 0 Å². The van der Waals surface area contributed by atoms with Crippen molar-refractivity contribution < 1.29 is 5.11 Å². The molecule has 4 rings (SSSR count). The van der Waals surface area contributed by atoms with Gasteiger partial charge in [-0.1, -0.05) is 47.5 Å². The van der Waals surface area contributed by atoms with Crippen molar-refractivity contribution in [1.29, 1.82) is 0 Å². The molecule has 0 aromatic carbocycles. The number of rotatable bonds is 4. The second kappa shape index (κ2) is 9.82. The van der Waals surface area contributed by atoms with Crippen LogP contribution in [0.3, 0.4) is 0 Å². The standard InChI is InChI=1S/C24H43N.CH4O.CH4/c1-4-17-16-19-21-11-10-18(8-7-15-25)23(21,2)14-12-22(19)24(3)13-6-5-9-20(17)24;1-2;/h17-22H,4-16,25H2,1-3H3;2H,1H3;1H4/t17-,18?,19?,20?,21?,22-,23?,24?;;/m0../s1. The molecule has 0 spiro atoms. The molecule has 0 bridgehead atoms. The Labute approximate surface area is 176 Å². The monoisotopic (exact) mass is 393 g/mol. The zero-order valence-corrected chi connectivity index (χ0v) is 18.7. The quantitative estimate of drug-likeness (QED) is 0.561. The average Bonchev–Trinajstić information content (AvgIpc) is 3.03. The lowest BCUT2D eigenvalue weighted by Crippen LogP contribution is -2.55. The van der Waals surface area contributed by atoms with Gasteiger partial charge in [-0.3, -0.25) is 0 Å². The van der Waals surface area contributed by atoms with Crippen molar-refractivity contribution in [3.63, 3.8) is 0 Å². The fourth-order valence-corrected chi connectivity index (χ4v) is 8.97. The van der Waals surface area contributed by atoms with E-state index in [0.717, 1.165) is 49.2 Å². The maximum atomic E-state index is 7.00. The molecule has 0 aromatic heterocycles. The van der Waals surface area contributed by atoms with Crippen molar-refractivity contribution in [1.82, 2.24) is 0 Å². The van der Waals surface area contributed by atoms with E-state index >= 15 is 0 Å². The van der Waals surface area contributed by atoms with Gasteiger partial charge in [0.15, 0.2) is 0 Å². The summed E-state index contributed by atoms with van der Waals surface area (Å²) < 4.78 is 0. The molecular weight excluding hydrogens is 342 g/mol. The molecule has 166 valence electrons. The van der Waals surface area contributed by atoms with Crippen LogP contribution in [0, 0.1) is 46.3 Å². The van der Waals surface area contributed by atoms with Crippen molar-refractivity contribution in [2.45, 2.75) is 105 Å².